The standard InChI is InChI=1S/C21H30O2/c1-15-12-18(10-11-21(3,4)23)19(13-16(15)2)20(22)14-17-8-6-5-7-9-17/h5-9,20,22-23H,10-14H2,1-4H3. The Balaban J connectivity index is 2.17. The highest BCUT2D eigenvalue weighted by Gasteiger charge is 2.23. The number of hydrogen-bond acceptors (Lipinski definition) is 2. The van der Waals surface area contributed by atoms with Gasteiger partial charge in [-0.25, -0.2) is 0 Å². The molecule has 1 atom stereocenters. The second-order valence-corrected chi connectivity index (χ2v) is 7.56. The molecule has 1 unspecified atom stereocenters. The van der Waals surface area contributed by atoms with Gasteiger partial charge in [0.05, 0.1) is 11.7 Å². The SMILES string of the molecule is CC1=C(C)CC(C(O)Cc2ccccc2)=C(CCC(C)(C)O)C1. The van der Waals surface area contributed by atoms with Crippen LogP contribution in [0.3, 0.4) is 0 Å². The topological polar surface area (TPSA) is 40.5 Å². The van der Waals surface area contributed by atoms with Crippen LogP contribution in [0.2, 0.25) is 0 Å². The molecule has 2 heteroatoms. The van der Waals surface area contributed by atoms with Crippen molar-refractivity contribution < 1.29 is 10.2 Å². The van der Waals surface area contributed by atoms with Crippen LogP contribution in [0.5, 0.6) is 0 Å². The van der Waals surface area contributed by atoms with Crippen molar-refractivity contribution >= 4 is 0 Å². The van der Waals surface area contributed by atoms with Gasteiger partial charge in [0.15, 0.2) is 0 Å². The fourth-order valence-corrected chi connectivity index (χ4v) is 3.17. The summed E-state index contributed by atoms with van der Waals surface area (Å²) in [6.07, 6.45) is 3.61. The normalized spacial score (nSPS) is 17.7. The Morgan fingerprint density at radius 3 is 2.26 bits per heavy atom. The molecule has 1 aromatic carbocycles. The van der Waals surface area contributed by atoms with Crippen LogP contribution in [-0.2, 0) is 6.42 Å². The van der Waals surface area contributed by atoms with Gasteiger partial charge in [-0.3, -0.25) is 0 Å². The van der Waals surface area contributed by atoms with Crippen LogP contribution >= 0.6 is 0 Å². The van der Waals surface area contributed by atoms with Crippen molar-refractivity contribution in [3.8, 4) is 0 Å². The van der Waals surface area contributed by atoms with Crippen molar-refractivity contribution in [2.24, 2.45) is 0 Å². The minimum Gasteiger partial charge on any atom is -0.390 e. The molecule has 0 aromatic heterocycles. The van der Waals surface area contributed by atoms with Crippen molar-refractivity contribution in [1.29, 1.82) is 0 Å². The van der Waals surface area contributed by atoms with Gasteiger partial charge in [-0.1, -0.05) is 47.1 Å². The van der Waals surface area contributed by atoms with Gasteiger partial charge in [-0.15, -0.1) is 0 Å². The zero-order valence-corrected chi connectivity index (χ0v) is 14.9. The van der Waals surface area contributed by atoms with Crippen molar-refractivity contribution in [3.63, 3.8) is 0 Å². The lowest BCUT2D eigenvalue weighted by Gasteiger charge is -2.28. The lowest BCUT2D eigenvalue weighted by Crippen LogP contribution is -2.22. The van der Waals surface area contributed by atoms with Gasteiger partial charge in [0.1, 0.15) is 0 Å². The van der Waals surface area contributed by atoms with E-state index >= 15 is 0 Å². The largest absolute Gasteiger partial charge is 0.390 e. The van der Waals surface area contributed by atoms with Crippen molar-refractivity contribution in [2.75, 3.05) is 0 Å². The summed E-state index contributed by atoms with van der Waals surface area (Å²) < 4.78 is 0. The van der Waals surface area contributed by atoms with E-state index in [1.807, 2.05) is 32.0 Å². The fraction of sp³-hybridized carbons (Fsp3) is 0.524. The summed E-state index contributed by atoms with van der Waals surface area (Å²) in [7, 11) is 0. The smallest absolute Gasteiger partial charge is 0.0796 e. The molecule has 0 radical (unpaired) electrons. The Hall–Kier alpha value is -1.38. The monoisotopic (exact) mass is 314 g/mol. The summed E-state index contributed by atoms with van der Waals surface area (Å²) in [5.74, 6) is 0. The lowest BCUT2D eigenvalue weighted by molar-refractivity contribution is 0.0709. The van der Waals surface area contributed by atoms with Crippen molar-refractivity contribution in [2.45, 2.75) is 71.5 Å². The van der Waals surface area contributed by atoms with Gasteiger partial charge < -0.3 is 10.2 Å². The molecule has 0 amide bonds. The van der Waals surface area contributed by atoms with Crippen molar-refractivity contribution in [3.05, 3.63) is 58.2 Å². The highest BCUT2D eigenvalue weighted by molar-refractivity contribution is 5.36. The maximum atomic E-state index is 10.8. The molecule has 0 spiro atoms. The van der Waals surface area contributed by atoms with Gasteiger partial charge in [0.25, 0.3) is 0 Å². The van der Waals surface area contributed by atoms with Crippen LogP contribution in [0.1, 0.15) is 58.9 Å². The molecule has 1 aliphatic carbocycles. The van der Waals surface area contributed by atoms with Crippen LogP contribution in [0.4, 0.5) is 0 Å². The highest BCUT2D eigenvalue weighted by atomic mass is 16.3. The first-order valence-corrected chi connectivity index (χ1v) is 8.56. The molecule has 0 heterocycles. The minimum absolute atomic E-state index is 0.433. The van der Waals surface area contributed by atoms with E-state index in [1.165, 1.54) is 27.9 Å². The summed E-state index contributed by atoms with van der Waals surface area (Å²) >= 11 is 0. The first kappa shape index (κ1) is 18.0. The summed E-state index contributed by atoms with van der Waals surface area (Å²) in [6, 6.07) is 10.2. The third-order valence-electron chi connectivity index (χ3n) is 4.83. The summed E-state index contributed by atoms with van der Waals surface area (Å²) in [5, 5.41) is 20.8. The van der Waals surface area contributed by atoms with Gasteiger partial charge in [0, 0.05) is 6.42 Å². The number of aliphatic hydroxyl groups excluding tert-OH is 1. The van der Waals surface area contributed by atoms with Crippen LogP contribution in [0.25, 0.3) is 0 Å². The Labute approximate surface area is 140 Å². The maximum Gasteiger partial charge on any atom is 0.0796 e. The van der Waals surface area contributed by atoms with Crippen LogP contribution in [-0.4, -0.2) is 21.9 Å². The molecule has 0 aliphatic heterocycles. The number of hydrogen-bond donors (Lipinski definition) is 2. The molecule has 0 saturated heterocycles. The van der Waals surface area contributed by atoms with Crippen LogP contribution in [0, 0.1) is 0 Å². The molecule has 23 heavy (non-hydrogen) atoms. The van der Waals surface area contributed by atoms with E-state index in [0.29, 0.717) is 6.42 Å². The van der Waals surface area contributed by atoms with E-state index in [1.54, 1.807) is 0 Å². The van der Waals surface area contributed by atoms with Crippen LogP contribution in [0.15, 0.2) is 52.6 Å². The predicted molar refractivity (Wildman–Crippen MR) is 96.3 cm³/mol. The van der Waals surface area contributed by atoms with E-state index in [2.05, 4.69) is 26.0 Å². The average molecular weight is 314 g/mol. The third-order valence-corrected chi connectivity index (χ3v) is 4.83. The quantitative estimate of drug-likeness (QED) is 0.755. The van der Waals surface area contributed by atoms with E-state index in [-0.39, 0.29) is 0 Å². The zero-order chi connectivity index (χ0) is 17.0. The van der Waals surface area contributed by atoms with E-state index in [4.69, 9.17) is 0 Å². The number of allylic oxidation sites excluding steroid dienone is 3. The molecular weight excluding hydrogens is 284 g/mol. The molecule has 2 rings (SSSR count). The third kappa shape index (κ3) is 5.33. The first-order chi connectivity index (χ1) is 10.8. The lowest BCUT2D eigenvalue weighted by atomic mass is 9.80. The van der Waals surface area contributed by atoms with Gasteiger partial charge in [-0.2, -0.15) is 0 Å². The Morgan fingerprint density at radius 1 is 1.04 bits per heavy atom. The Bertz CT molecular complexity index is 588. The molecule has 2 N–H and O–H groups in total. The molecule has 1 aliphatic rings. The molecule has 0 bridgehead atoms. The predicted octanol–water partition coefficient (Wildman–Crippen LogP) is 4.57. The van der Waals surface area contributed by atoms with E-state index in [9.17, 15) is 10.2 Å². The molecule has 126 valence electrons. The summed E-state index contributed by atoms with van der Waals surface area (Å²) in [5.41, 5.74) is 5.77. The second-order valence-electron chi connectivity index (χ2n) is 7.56. The second kappa shape index (κ2) is 7.46. The van der Waals surface area contributed by atoms with Gasteiger partial charge >= 0.3 is 0 Å². The fourth-order valence-electron chi connectivity index (χ4n) is 3.17. The van der Waals surface area contributed by atoms with Gasteiger partial charge in [0.2, 0.25) is 0 Å². The number of benzene rings is 1. The highest BCUT2D eigenvalue weighted by Crippen LogP contribution is 2.35. The molecule has 1 aromatic rings. The number of aliphatic hydroxyl groups is 2. The minimum atomic E-state index is -0.660. The average Bonchev–Trinajstić information content (AvgIpc) is 2.48. The number of rotatable bonds is 6. The van der Waals surface area contributed by atoms with Gasteiger partial charge in [-0.05, 0) is 64.5 Å². The molecule has 0 saturated carbocycles. The van der Waals surface area contributed by atoms with E-state index < -0.39 is 11.7 Å². The maximum absolute atomic E-state index is 10.8. The zero-order valence-electron chi connectivity index (χ0n) is 14.9. The molecular formula is C21H30O2. The first-order valence-electron chi connectivity index (χ1n) is 8.56. The Kier molecular flexibility index (Phi) is 5.83. The molecule has 2 nitrogen and oxygen atoms in total. The van der Waals surface area contributed by atoms with Crippen molar-refractivity contribution in [1.82, 2.24) is 0 Å². The molecule has 0 fully saturated rings. The van der Waals surface area contributed by atoms with Crippen LogP contribution < -0.4 is 0 Å². The van der Waals surface area contributed by atoms with E-state index in [0.717, 1.165) is 25.7 Å². The Morgan fingerprint density at radius 2 is 1.65 bits per heavy atom. The summed E-state index contributed by atoms with van der Waals surface area (Å²) in [6.45, 7) is 8.05. The summed E-state index contributed by atoms with van der Waals surface area (Å²) in [4.78, 5) is 0.